The van der Waals surface area contributed by atoms with Crippen LogP contribution in [0.25, 0.3) is 22.4 Å². The second-order valence-corrected chi connectivity index (χ2v) is 5.33. The quantitative estimate of drug-likeness (QED) is 0.794. The van der Waals surface area contributed by atoms with Gasteiger partial charge >= 0.3 is 0 Å². The lowest BCUT2D eigenvalue weighted by Crippen LogP contribution is -2.16. The fourth-order valence-corrected chi connectivity index (χ4v) is 2.62. The second-order valence-electron chi connectivity index (χ2n) is 4.89. The van der Waals surface area contributed by atoms with Crippen LogP contribution in [0.1, 0.15) is 13.0 Å². The highest BCUT2D eigenvalue weighted by atomic mass is 35.5. The summed E-state index contributed by atoms with van der Waals surface area (Å²) in [7, 11) is 0. The highest BCUT2D eigenvalue weighted by Crippen LogP contribution is 2.29. The molecule has 0 radical (unpaired) electrons. The summed E-state index contributed by atoms with van der Waals surface area (Å²) in [4.78, 5) is 4.74. The summed E-state index contributed by atoms with van der Waals surface area (Å²) in [6.07, 6.45) is 0. The molecule has 0 aliphatic heterocycles. The van der Waals surface area contributed by atoms with Crippen molar-refractivity contribution < 1.29 is 0 Å². The molecular weight excluding hydrogens is 270 g/mol. The number of rotatable bonds is 3. The third-order valence-corrected chi connectivity index (χ3v) is 3.70. The van der Waals surface area contributed by atoms with Gasteiger partial charge in [-0.05, 0) is 31.2 Å². The molecule has 0 aliphatic carbocycles. The van der Waals surface area contributed by atoms with Gasteiger partial charge in [-0.1, -0.05) is 35.9 Å². The van der Waals surface area contributed by atoms with Gasteiger partial charge in [-0.3, -0.25) is 0 Å². The van der Waals surface area contributed by atoms with E-state index in [9.17, 15) is 0 Å². The summed E-state index contributed by atoms with van der Waals surface area (Å²) < 4.78 is 2.18. The molecule has 1 heterocycles. The first-order chi connectivity index (χ1) is 9.70. The lowest BCUT2D eigenvalue weighted by Gasteiger charge is -2.15. The highest BCUT2D eigenvalue weighted by Gasteiger charge is 2.16. The number of aromatic nitrogens is 2. The fraction of sp³-hybridized carbons (Fsp3) is 0.188. The summed E-state index contributed by atoms with van der Waals surface area (Å²) >= 11 is 6.10. The summed E-state index contributed by atoms with van der Waals surface area (Å²) in [5.74, 6) is 0.909. The molecule has 0 bridgehead atoms. The molecule has 1 unspecified atom stereocenters. The van der Waals surface area contributed by atoms with Crippen LogP contribution in [0.15, 0.2) is 48.5 Å². The molecule has 20 heavy (non-hydrogen) atoms. The number of hydrogen-bond donors (Lipinski definition) is 1. The number of imidazole rings is 1. The first kappa shape index (κ1) is 13.2. The third-order valence-electron chi connectivity index (χ3n) is 3.46. The zero-order chi connectivity index (χ0) is 14.1. The Morgan fingerprint density at radius 2 is 2.00 bits per heavy atom. The average molecular weight is 286 g/mol. The Balaban J connectivity index is 2.29. The van der Waals surface area contributed by atoms with Crippen LogP contribution >= 0.6 is 11.6 Å². The fourth-order valence-electron chi connectivity index (χ4n) is 2.43. The van der Waals surface area contributed by atoms with Crippen LogP contribution in [-0.2, 0) is 0 Å². The molecule has 0 aliphatic rings. The summed E-state index contributed by atoms with van der Waals surface area (Å²) in [6, 6.07) is 16.0. The van der Waals surface area contributed by atoms with Crippen molar-refractivity contribution in [2.75, 3.05) is 6.54 Å². The molecule has 1 atom stereocenters. The van der Waals surface area contributed by atoms with Crippen molar-refractivity contribution in [3.05, 3.63) is 53.6 Å². The third kappa shape index (κ3) is 2.19. The monoisotopic (exact) mass is 285 g/mol. The van der Waals surface area contributed by atoms with E-state index in [4.69, 9.17) is 22.3 Å². The van der Waals surface area contributed by atoms with Gasteiger partial charge in [-0.15, -0.1) is 0 Å². The number of hydrogen-bond acceptors (Lipinski definition) is 2. The van der Waals surface area contributed by atoms with E-state index in [1.807, 2.05) is 42.5 Å². The van der Waals surface area contributed by atoms with Gasteiger partial charge in [0.2, 0.25) is 0 Å². The number of nitrogens with two attached hydrogens (primary N) is 1. The minimum absolute atomic E-state index is 0.177. The Hall–Kier alpha value is -1.84. The number of fused-ring (bicyclic) bond motifs is 1. The zero-order valence-electron chi connectivity index (χ0n) is 11.3. The summed E-state index contributed by atoms with van der Waals surface area (Å²) in [5.41, 5.74) is 8.94. The number of benzene rings is 2. The first-order valence-corrected chi connectivity index (χ1v) is 7.01. The molecule has 102 valence electrons. The topological polar surface area (TPSA) is 43.8 Å². The molecule has 0 saturated heterocycles. The number of para-hydroxylation sites is 2. The van der Waals surface area contributed by atoms with Gasteiger partial charge in [0.05, 0.1) is 11.0 Å². The van der Waals surface area contributed by atoms with Crippen molar-refractivity contribution in [2.24, 2.45) is 5.73 Å². The molecule has 1 aromatic heterocycles. The number of nitrogens with zero attached hydrogens (tertiary/aromatic N) is 2. The Morgan fingerprint density at radius 1 is 1.20 bits per heavy atom. The minimum atomic E-state index is 0.177. The molecule has 0 fully saturated rings. The average Bonchev–Trinajstić information content (AvgIpc) is 2.86. The highest BCUT2D eigenvalue weighted by molar-refractivity contribution is 6.30. The van der Waals surface area contributed by atoms with E-state index in [1.165, 1.54) is 0 Å². The van der Waals surface area contributed by atoms with Gasteiger partial charge in [0.1, 0.15) is 5.82 Å². The Bertz CT molecular complexity index is 748. The van der Waals surface area contributed by atoms with Gasteiger partial charge < -0.3 is 10.3 Å². The van der Waals surface area contributed by atoms with Gasteiger partial charge in [0.25, 0.3) is 0 Å². The standard InChI is InChI=1S/C16H16ClN3/c1-11(10-18)20-15-8-3-2-7-14(15)19-16(20)12-5-4-6-13(17)9-12/h2-9,11H,10,18H2,1H3. The Labute approximate surface area is 123 Å². The van der Waals surface area contributed by atoms with E-state index in [1.54, 1.807) is 0 Å². The Kier molecular flexibility index (Phi) is 3.47. The van der Waals surface area contributed by atoms with Gasteiger partial charge in [0.15, 0.2) is 0 Å². The molecule has 2 N–H and O–H groups in total. The molecule has 3 aromatic rings. The molecular formula is C16H16ClN3. The SMILES string of the molecule is CC(CN)n1c(-c2cccc(Cl)c2)nc2ccccc21. The van der Waals surface area contributed by atoms with E-state index in [0.717, 1.165) is 22.4 Å². The van der Waals surface area contributed by atoms with Crippen molar-refractivity contribution in [1.82, 2.24) is 9.55 Å². The molecule has 3 nitrogen and oxygen atoms in total. The lowest BCUT2D eigenvalue weighted by atomic mass is 10.2. The maximum Gasteiger partial charge on any atom is 0.141 e. The van der Waals surface area contributed by atoms with Crippen molar-refractivity contribution in [2.45, 2.75) is 13.0 Å². The van der Waals surface area contributed by atoms with Crippen LogP contribution in [0.4, 0.5) is 0 Å². The first-order valence-electron chi connectivity index (χ1n) is 6.63. The summed E-state index contributed by atoms with van der Waals surface area (Å²) in [6.45, 7) is 2.66. The normalized spacial score (nSPS) is 12.8. The van der Waals surface area contributed by atoms with Crippen LogP contribution in [0.2, 0.25) is 5.02 Å². The van der Waals surface area contributed by atoms with Crippen LogP contribution in [0.3, 0.4) is 0 Å². The lowest BCUT2D eigenvalue weighted by molar-refractivity contribution is 0.579. The molecule has 0 amide bonds. The molecule has 2 aromatic carbocycles. The number of halogens is 1. The van der Waals surface area contributed by atoms with Crippen molar-refractivity contribution >= 4 is 22.6 Å². The molecule has 4 heteroatoms. The summed E-state index contributed by atoms with van der Waals surface area (Å²) in [5, 5.41) is 0.710. The van der Waals surface area contributed by atoms with E-state index < -0.39 is 0 Å². The second kappa shape index (κ2) is 5.27. The zero-order valence-corrected chi connectivity index (χ0v) is 12.0. The van der Waals surface area contributed by atoms with Crippen LogP contribution in [0, 0.1) is 0 Å². The van der Waals surface area contributed by atoms with E-state index >= 15 is 0 Å². The van der Waals surface area contributed by atoms with Gasteiger partial charge in [-0.2, -0.15) is 0 Å². The maximum atomic E-state index is 6.10. The predicted molar refractivity (Wildman–Crippen MR) is 83.9 cm³/mol. The van der Waals surface area contributed by atoms with Gasteiger partial charge in [-0.25, -0.2) is 4.98 Å². The molecule has 0 saturated carbocycles. The van der Waals surface area contributed by atoms with Crippen LogP contribution in [-0.4, -0.2) is 16.1 Å². The molecule has 3 rings (SSSR count). The largest absolute Gasteiger partial charge is 0.328 e. The smallest absolute Gasteiger partial charge is 0.141 e. The van der Waals surface area contributed by atoms with Crippen LogP contribution < -0.4 is 5.73 Å². The Morgan fingerprint density at radius 3 is 2.75 bits per heavy atom. The van der Waals surface area contributed by atoms with Crippen molar-refractivity contribution in [1.29, 1.82) is 0 Å². The minimum Gasteiger partial charge on any atom is -0.328 e. The predicted octanol–water partition coefficient (Wildman–Crippen LogP) is 3.88. The van der Waals surface area contributed by atoms with Crippen molar-refractivity contribution in [3.8, 4) is 11.4 Å². The van der Waals surface area contributed by atoms with E-state index in [-0.39, 0.29) is 6.04 Å². The maximum absolute atomic E-state index is 6.10. The van der Waals surface area contributed by atoms with E-state index in [2.05, 4.69) is 17.6 Å². The molecule has 0 spiro atoms. The van der Waals surface area contributed by atoms with Crippen molar-refractivity contribution in [3.63, 3.8) is 0 Å². The van der Waals surface area contributed by atoms with Crippen LogP contribution in [0.5, 0.6) is 0 Å². The van der Waals surface area contributed by atoms with E-state index in [0.29, 0.717) is 11.6 Å². The van der Waals surface area contributed by atoms with Gasteiger partial charge in [0, 0.05) is 23.2 Å².